The minimum absolute atomic E-state index is 0. The summed E-state index contributed by atoms with van der Waals surface area (Å²) in [5, 5.41) is 3.15. The van der Waals surface area contributed by atoms with Gasteiger partial charge in [0.2, 0.25) is 0 Å². The van der Waals surface area contributed by atoms with E-state index in [1.165, 1.54) is 12.8 Å². The molecule has 0 radical (unpaired) electrons. The zero-order valence-corrected chi connectivity index (χ0v) is 12.7. The van der Waals surface area contributed by atoms with E-state index in [9.17, 15) is 0 Å². The van der Waals surface area contributed by atoms with E-state index in [1.54, 1.807) is 0 Å². The van der Waals surface area contributed by atoms with Gasteiger partial charge in [0.05, 0.1) is 0 Å². The highest BCUT2D eigenvalue weighted by Gasteiger charge is 2.26. The van der Waals surface area contributed by atoms with Crippen LogP contribution in [0, 0.1) is 0 Å². The summed E-state index contributed by atoms with van der Waals surface area (Å²) >= 11 is 0. The molecule has 0 spiro atoms. The molecule has 1 aliphatic rings. The van der Waals surface area contributed by atoms with E-state index in [2.05, 4.69) is 29.1 Å². The fraction of sp³-hybridized carbons (Fsp3) is 0.909. The van der Waals surface area contributed by atoms with Crippen LogP contribution in [0.4, 0.5) is 0 Å². The predicted molar refractivity (Wildman–Crippen MR) is 80.5 cm³/mol. The van der Waals surface area contributed by atoms with Gasteiger partial charge in [-0.25, -0.2) is 0 Å². The van der Waals surface area contributed by atoms with Gasteiger partial charge in [0.1, 0.15) is 0 Å². The molecule has 0 aromatic heterocycles. The third-order valence-corrected chi connectivity index (χ3v) is 2.68. The average Bonchev–Trinajstić information content (AvgIpc) is 3.05. The molecule has 1 rings (SSSR count). The Hall–Kier alpha value is -0.0400. The number of nitrogens with zero attached hydrogens (tertiary/aromatic N) is 2. The molecule has 0 amide bonds. The van der Waals surface area contributed by atoms with Crippen molar-refractivity contribution >= 4 is 29.9 Å². The van der Waals surface area contributed by atoms with Crippen LogP contribution in [0.3, 0.4) is 0 Å². The van der Waals surface area contributed by atoms with E-state index in [1.807, 2.05) is 0 Å². The Labute approximate surface area is 116 Å². The fourth-order valence-electron chi connectivity index (χ4n) is 1.65. The van der Waals surface area contributed by atoms with Crippen molar-refractivity contribution in [1.82, 2.24) is 10.2 Å². The first kappa shape index (κ1) is 16.0. The van der Waals surface area contributed by atoms with Gasteiger partial charge in [-0.2, -0.15) is 0 Å². The van der Waals surface area contributed by atoms with Gasteiger partial charge in [0, 0.05) is 25.7 Å². The maximum Gasteiger partial charge on any atom is 0.188 e. The van der Waals surface area contributed by atoms with Crippen LogP contribution in [-0.4, -0.2) is 43.1 Å². The molecule has 96 valence electrons. The van der Waals surface area contributed by atoms with Crippen molar-refractivity contribution in [3.63, 3.8) is 0 Å². The van der Waals surface area contributed by atoms with Crippen molar-refractivity contribution in [2.75, 3.05) is 26.2 Å². The number of nitrogens with one attached hydrogen (secondary N) is 1. The highest BCUT2D eigenvalue weighted by atomic mass is 127. The quantitative estimate of drug-likeness (QED) is 0.419. The molecular formula is C11H25IN4. The van der Waals surface area contributed by atoms with E-state index in [0.717, 1.165) is 38.6 Å². The molecule has 0 aromatic rings. The maximum absolute atomic E-state index is 5.70. The second-order valence-electron chi connectivity index (χ2n) is 4.05. The molecule has 1 fully saturated rings. The van der Waals surface area contributed by atoms with Crippen LogP contribution in [0.1, 0.15) is 33.1 Å². The Morgan fingerprint density at radius 1 is 1.44 bits per heavy atom. The number of likely N-dealkylation sites (N-methyl/N-ethyl adjacent to an activating group) is 1. The van der Waals surface area contributed by atoms with Crippen LogP contribution in [0.15, 0.2) is 4.99 Å². The summed E-state index contributed by atoms with van der Waals surface area (Å²) in [6, 6.07) is 0.839. The summed E-state index contributed by atoms with van der Waals surface area (Å²) in [4.78, 5) is 6.69. The molecule has 0 aromatic carbocycles. The zero-order chi connectivity index (χ0) is 11.1. The molecule has 5 heteroatoms. The summed E-state index contributed by atoms with van der Waals surface area (Å²) in [5.41, 5.74) is 5.70. The Kier molecular flexibility index (Phi) is 9.02. The van der Waals surface area contributed by atoms with Gasteiger partial charge in [-0.15, -0.1) is 24.0 Å². The van der Waals surface area contributed by atoms with Gasteiger partial charge < -0.3 is 11.1 Å². The second-order valence-corrected chi connectivity index (χ2v) is 4.05. The lowest BCUT2D eigenvalue weighted by atomic mass is 10.4. The molecule has 3 N–H and O–H groups in total. The van der Waals surface area contributed by atoms with Crippen LogP contribution in [-0.2, 0) is 0 Å². The highest BCUT2D eigenvalue weighted by molar-refractivity contribution is 14.0. The summed E-state index contributed by atoms with van der Waals surface area (Å²) in [6.07, 6.45) is 3.78. The van der Waals surface area contributed by atoms with Crippen molar-refractivity contribution in [2.24, 2.45) is 10.7 Å². The SMILES string of the molecule is CCCN=C(N)NCCN(CC)C1CC1.I. The summed E-state index contributed by atoms with van der Waals surface area (Å²) in [5.74, 6) is 0.587. The van der Waals surface area contributed by atoms with Gasteiger partial charge >= 0.3 is 0 Å². The van der Waals surface area contributed by atoms with Gasteiger partial charge in [-0.1, -0.05) is 13.8 Å². The first-order chi connectivity index (χ1) is 7.27. The lowest BCUT2D eigenvalue weighted by molar-refractivity contribution is 0.282. The minimum atomic E-state index is 0. The van der Waals surface area contributed by atoms with Gasteiger partial charge in [0.15, 0.2) is 5.96 Å². The molecule has 1 saturated carbocycles. The normalized spacial score (nSPS) is 16.1. The number of hydrogen-bond donors (Lipinski definition) is 2. The standard InChI is InChI=1S/C11H24N4.HI/c1-3-7-13-11(12)14-8-9-15(4-2)10-5-6-10;/h10H,3-9H2,1-2H3,(H3,12,13,14);1H. The van der Waals surface area contributed by atoms with E-state index in [0.29, 0.717) is 5.96 Å². The topological polar surface area (TPSA) is 53.6 Å². The lowest BCUT2D eigenvalue weighted by Gasteiger charge is -2.19. The van der Waals surface area contributed by atoms with Crippen molar-refractivity contribution in [3.05, 3.63) is 0 Å². The molecule has 0 saturated heterocycles. The Bertz CT molecular complexity index is 204. The van der Waals surface area contributed by atoms with Crippen molar-refractivity contribution in [3.8, 4) is 0 Å². The van der Waals surface area contributed by atoms with Crippen LogP contribution >= 0.6 is 24.0 Å². The number of nitrogens with two attached hydrogens (primary N) is 1. The molecule has 0 aliphatic heterocycles. The largest absolute Gasteiger partial charge is 0.370 e. The Morgan fingerprint density at radius 3 is 2.62 bits per heavy atom. The van der Waals surface area contributed by atoms with Crippen LogP contribution in [0.25, 0.3) is 0 Å². The number of rotatable bonds is 7. The van der Waals surface area contributed by atoms with E-state index < -0.39 is 0 Å². The highest BCUT2D eigenvalue weighted by Crippen LogP contribution is 2.25. The zero-order valence-electron chi connectivity index (χ0n) is 10.4. The van der Waals surface area contributed by atoms with Crippen LogP contribution in [0.5, 0.6) is 0 Å². The Balaban J connectivity index is 0.00000225. The molecule has 1 aliphatic carbocycles. The second kappa shape index (κ2) is 9.04. The van der Waals surface area contributed by atoms with E-state index in [-0.39, 0.29) is 24.0 Å². The van der Waals surface area contributed by atoms with E-state index >= 15 is 0 Å². The third kappa shape index (κ3) is 6.52. The summed E-state index contributed by atoms with van der Waals surface area (Å²) < 4.78 is 0. The molecule has 16 heavy (non-hydrogen) atoms. The van der Waals surface area contributed by atoms with Crippen molar-refractivity contribution in [2.45, 2.75) is 39.2 Å². The number of halogens is 1. The molecular weight excluding hydrogens is 315 g/mol. The average molecular weight is 340 g/mol. The fourth-order valence-corrected chi connectivity index (χ4v) is 1.65. The first-order valence-electron chi connectivity index (χ1n) is 6.05. The molecule has 4 nitrogen and oxygen atoms in total. The Morgan fingerprint density at radius 2 is 2.12 bits per heavy atom. The van der Waals surface area contributed by atoms with Gasteiger partial charge in [-0.3, -0.25) is 9.89 Å². The van der Waals surface area contributed by atoms with Crippen LogP contribution < -0.4 is 11.1 Å². The lowest BCUT2D eigenvalue weighted by Crippen LogP contribution is -2.39. The summed E-state index contributed by atoms with van der Waals surface area (Å²) in [7, 11) is 0. The van der Waals surface area contributed by atoms with Crippen molar-refractivity contribution in [1.29, 1.82) is 0 Å². The third-order valence-electron chi connectivity index (χ3n) is 2.68. The van der Waals surface area contributed by atoms with Crippen molar-refractivity contribution < 1.29 is 0 Å². The molecule has 0 bridgehead atoms. The first-order valence-corrected chi connectivity index (χ1v) is 6.05. The number of hydrogen-bond acceptors (Lipinski definition) is 2. The molecule has 0 atom stereocenters. The van der Waals surface area contributed by atoms with Crippen LogP contribution in [0.2, 0.25) is 0 Å². The van der Waals surface area contributed by atoms with E-state index in [4.69, 9.17) is 5.73 Å². The van der Waals surface area contributed by atoms with Gasteiger partial charge in [0.25, 0.3) is 0 Å². The number of guanidine groups is 1. The van der Waals surface area contributed by atoms with Gasteiger partial charge in [-0.05, 0) is 25.8 Å². The predicted octanol–water partition coefficient (Wildman–Crippen LogP) is 1.40. The monoisotopic (exact) mass is 340 g/mol. The maximum atomic E-state index is 5.70. The molecule has 0 heterocycles. The summed E-state index contributed by atoms with van der Waals surface area (Å²) in [6.45, 7) is 8.25. The number of aliphatic imine (C=N–C) groups is 1. The minimum Gasteiger partial charge on any atom is -0.370 e. The smallest absolute Gasteiger partial charge is 0.188 e. The molecule has 0 unspecified atom stereocenters.